The SMILES string of the molecule is Cl.Nc1ccc(C(=O)O[C@@H]2CCCN3CCCCC23)cc1. The molecule has 2 heterocycles. The van der Waals surface area contributed by atoms with Crippen molar-refractivity contribution in [1.29, 1.82) is 0 Å². The molecule has 1 unspecified atom stereocenters. The molecule has 2 aliphatic rings. The fourth-order valence-electron chi connectivity index (χ4n) is 3.37. The second-order valence-corrected chi connectivity index (χ2v) is 5.81. The summed E-state index contributed by atoms with van der Waals surface area (Å²) in [6, 6.07) is 7.38. The molecule has 0 aliphatic carbocycles. The van der Waals surface area contributed by atoms with Gasteiger partial charge in [-0.25, -0.2) is 4.79 Å². The summed E-state index contributed by atoms with van der Waals surface area (Å²) in [5.74, 6) is -0.220. The van der Waals surface area contributed by atoms with E-state index in [0.29, 0.717) is 17.3 Å². The molecule has 2 atom stereocenters. The number of nitrogens with two attached hydrogens (primary N) is 1. The Labute approximate surface area is 132 Å². The Morgan fingerprint density at radius 2 is 1.81 bits per heavy atom. The molecule has 4 nitrogen and oxygen atoms in total. The number of halogens is 1. The van der Waals surface area contributed by atoms with Gasteiger partial charge in [-0.05, 0) is 63.0 Å². The van der Waals surface area contributed by atoms with Gasteiger partial charge in [0.15, 0.2) is 0 Å². The number of ether oxygens (including phenoxy) is 1. The van der Waals surface area contributed by atoms with Gasteiger partial charge >= 0.3 is 5.97 Å². The van der Waals surface area contributed by atoms with Gasteiger partial charge in [-0.15, -0.1) is 12.4 Å². The maximum atomic E-state index is 12.2. The van der Waals surface area contributed by atoms with Crippen LogP contribution in [0.4, 0.5) is 5.69 Å². The van der Waals surface area contributed by atoms with E-state index in [-0.39, 0.29) is 24.5 Å². The highest BCUT2D eigenvalue weighted by molar-refractivity contribution is 5.89. The van der Waals surface area contributed by atoms with E-state index in [0.717, 1.165) is 32.4 Å². The Hall–Kier alpha value is -1.26. The molecule has 5 heteroatoms. The van der Waals surface area contributed by atoms with E-state index in [4.69, 9.17) is 10.5 Å². The standard InChI is InChI=1S/C16H22N2O2.ClH/c17-13-8-6-12(7-9-13)16(19)20-15-5-3-11-18-10-2-1-4-14(15)18;/h6-9,14-15H,1-5,10-11,17H2;1H/t14?,15-;/m1./s1. The number of fused-ring (bicyclic) bond motifs is 1. The molecule has 0 aromatic heterocycles. The fourth-order valence-corrected chi connectivity index (χ4v) is 3.37. The molecule has 2 aliphatic heterocycles. The topological polar surface area (TPSA) is 55.6 Å². The van der Waals surface area contributed by atoms with Gasteiger partial charge in [-0.1, -0.05) is 6.42 Å². The number of carbonyl (C=O) groups is 1. The number of nitrogen functional groups attached to an aromatic ring is 1. The molecule has 0 saturated carbocycles. The Balaban J connectivity index is 0.00000161. The molecule has 2 N–H and O–H groups in total. The Morgan fingerprint density at radius 3 is 2.57 bits per heavy atom. The molecule has 0 spiro atoms. The molecule has 2 saturated heterocycles. The summed E-state index contributed by atoms with van der Waals surface area (Å²) in [6.07, 6.45) is 5.83. The summed E-state index contributed by atoms with van der Waals surface area (Å²) in [5, 5.41) is 0. The first kappa shape index (κ1) is 16.1. The zero-order valence-electron chi connectivity index (χ0n) is 12.2. The molecule has 3 rings (SSSR count). The number of hydrogen-bond donors (Lipinski definition) is 1. The Morgan fingerprint density at radius 1 is 1.10 bits per heavy atom. The lowest BCUT2D eigenvalue weighted by Gasteiger charge is -2.43. The van der Waals surface area contributed by atoms with Gasteiger partial charge in [0.1, 0.15) is 6.10 Å². The summed E-state index contributed by atoms with van der Waals surface area (Å²) in [6.45, 7) is 2.31. The lowest BCUT2D eigenvalue weighted by Crippen LogP contribution is -2.51. The maximum Gasteiger partial charge on any atom is 0.338 e. The largest absolute Gasteiger partial charge is 0.457 e. The van der Waals surface area contributed by atoms with Crippen molar-refractivity contribution in [3.63, 3.8) is 0 Å². The molecule has 0 radical (unpaired) electrons. The highest BCUT2D eigenvalue weighted by Gasteiger charge is 2.35. The zero-order chi connectivity index (χ0) is 13.9. The van der Waals surface area contributed by atoms with E-state index in [1.54, 1.807) is 24.3 Å². The Kier molecular flexibility index (Phi) is 5.48. The van der Waals surface area contributed by atoms with Crippen molar-refractivity contribution in [2.75, 3.05) is 18.8 Å². The lowest BCUT2D eigenvalue weighted by molar-refractivity contribution is -0.0342. The first-order valence-electron chi connectivity index (χ1n) is 7.54. The van der Waals surface area contributed by atoms with Crippen LogP contribution in [0.2, 0.25) is 0 Å². The van der Waals surface area contributed by atoms with Gasteiger partial charge < -0.3 is 10.5 Å². The zero-order valence-corrected chi connectivity index (χ0v) is 13.0. The fraction of sp³-hybridized carbons (Fsp3) is 0.562. The number of esters is 1. The summed E-state index contributed by atoms with van der Waals surface area (Å²) in [5.41, 5.74) is 6.89. The third-order valence-electron chi connectivity index (χ3n) is 4.43. The minimum atomic E-state index is -0.220. The van der Waals surface area contributed by atoms with Gasteiger partial charge in [-0.3, -0.25) is 4.90 Å². The van der Waals surface area contributed by atoms with Gasteiger partial charge in [-0.2, -0.15) is 0 Å². The predicted molar refractivity (Wildman–Crippen MR) is 85.8 cm³/mol. The highest BCUT2D eigenvalue weighted by atomic mass is 35.5. The van der Waals surface area contributed by atoms with Gasteiger partial charge in [0.05, 0.1) is 5.56 Å². The normalized spacial score (nSPS) is 25.5. The number of piperidine rings is 2. The molecule has 2 fully saturated rings. The van der Waals surface area contributed by atoms with Gasteiger partial charge in [0.2, 0.25) is 0 Å². The second-order valence-electron chi connectivity index (χ2n) is 5.81. The van der Waals surface area contributed by atoms with Crippen molar-refractivity contribution >= 4 is 24.1 Å². The third-order valence-corrected chi connectivity index (χ3v) is 4.43. The maximum absolute atomic E-state index is 12.2. The minimum absolute atomic E-state index is 0. The van der Waals surface area contributed by atoms with Crippen LogP contribution in [0.3, 0.4) is 0 Å². The number of nitrogens with zero attached hydrogens (tertiary/aromatic N) is 1. The number of carbonyl (C=O) groups excluding carboxylic acids is 1. The van der Waals surface area contributed by atoms with E-state index in [1.165, 1.54) is 12.8 Å². The van der Waals surface area contributed by atoms with Crippen molar-refractivity contribution in [2.24, 2.45) is 0 Å². The Bertz CT molecular complexity index is 476. The number of benzene rings is 1. The minimum Gasteiger partial charge on any atom is -0.457 e. The highest BCUT2D eigenvalue weighted by Crippen LogP contribution is 2.28. The van der Waals surface area contributed by atoms with Crippen molar-refractivity contribution in [1.82, 2.24) is 4.90 Å². The molecule has 0 amide bonds. The van der Waals surface area contributed by atoms with E-state index in [1.807, 2.05) is 0 Å². The summed E-state index contributed by atoms with van der Waals surface area (Å²) in [7, 11) is 0. The molecule has 1 aromatic carbocycles. The molecular formula is C16H23ClN2O2. The summed E-state index contributed by atoms with van der Waals surface area (Å²) < 4.78 is 5.77. The van der Waals surface area contributed by atoms with Crippen LogP contribution in [0.1, 0.15) is 42.5 Å². The van der Waals surface area contributed by atoms with Gasteiger partial charge in [0, 0.05) is 11.7 Å². The first-order valence-corrected chi connectivity index (χ1v) is 7.54. The van der Waals surface area contributed by atoms with E-state index in [2.05, 4.69) is 4.90 Å². The van der Waals surface area contributed by atoms with Crippen LogP contribution in [0.5, 0.6) is 0 Å². The van der Waals surface area contributed by atoms with Gasteiger partial charge in [0.25, 0.3) is 0 Å². The quantitative estimate of drug-likeness (QED) is 0.674. The molecule has 0 bridgehead atoms. The molecular weight excluding hydrogens is 288 g/mol. The van der Waals surface area contributed by atoms with Crippen molar-refractivity contribution < 1.29 is 9.53 Å². The van der Waals surface area contributed by atoms with E-state index in [9.17, 15) is 4.79 Å². The number of rotatable bonds is 2. The smallest absolute Gasteiger partial charge is 0.338 e. The summed E-state index contributed by atoms with van der Waals surface area (Å²) in [4.78, 5) is 14.7. The van der Waals surface area contributed by atoms with Crippen molar-refractivity contribution in [3.8, 4) is 0 Å². The van der Waals surface area contributed by atoms with Crippen LogP contribution in [0.25, 0.3) is 0 Å². The van der Waals surface area contributed by atoms with Crippen LogP contribution >= 0.6 is 12.4 Å². The van der Waals surface area contributed by atoms with E-state index < -0.39 is 0 Å². The van der Waals surface area contributed by atoms with Crippen LogP contribution in [0, 0.1) is 0 Å². The lowest BCUT2D eigenvalue weighted by atomic mass is 9.90. The predicted octanol–water partition coefficient (Wildman–Crippen LogP) is 2.86. The molecule has 21 heavy (non-hydrogen) atoms. The number of anilines is 1. The van der Waals surface area contributed by atoms with Crippen LogP contribution in [0.15, 0.2) is 24.3 Å². The average molecular weight is 311 g/mol. The molecule has 116 valence electrons. The molecule has 1 aromatic rings. The van der Waals surface area contributed by atoms with Crippen LogP contribution < -0.4 is 5.73 Å². The average Bonchev–Trinajstić information content (AvgIpc) is 2.48. The van der Waals surface area contributed by atoms with Crippen molar-refractivity contribution in [3.05, 3.63) is 29.8 Å². The third kappa shape index (κ3) is 3.69. The first-order chi connectivity index (χ1) is 9.74. The van der Waals surface area contributed by atoms with Crippen molar-refractivity contribution in [2.45, 2.75) is 44.2 Å². The summed E-state index contributed by atoms with van der Waals surface area (Å²) >= 11 is 0. The van der Waals surface area contributed by atoms with Crippen LogP contribution in [-0.2, 0) is 4.74 Å². The second kappa shape index (κ2) is 7.14. The monoisotopic (exact) mass is 310 g/mol. The van der Waals surface area contributed by atoms with Crippen LogP contribution in [-0.4, -0.2) is 36.1 Å². The van der Waals surface area contributed by atoms with E-state index >= 15 is 0 Å². The number of hydrogen-bond acceptors (Lipinski definition) is 4.